The maximum atomic E-state index is 11.1. The van der Waals surface area contributed by atoms with E-state index in [-0.39, 0.29) is 12.5 Å². The van der Waals surface area contributed by atoms with Gasteiger partial charge < -0.3 is 25.6 Å². The van der Waals surface area contributed by atoms with Crippen molar-refractivity contribution in [2.45, 2.75) is 12.8 Å². The minimum absolute atomic E-state index is 0.0440. The minimum atomic E-state index is -0.0583. The van der Waals surface area contributed by atoms with Crippen LogP contribution in [0.25, 0.3) is 0 Å². The zero-order valence-electron chi connectivity index (χ0n) is 9.61. The van der Waals surface area contributed by atoms with Crippen LogP contribution in [0.3, 0.4) is 0 Å². The molecule has 0 fully saturated rings. The summed E-state index contributed by atoms with van der Waals surface area (Å²) in [7, 11) is 0. The highest BCUT2D eigenvalue weighted by Crippen LogP contribution is 1.86. The number of nitrogens with two attached hydrogens (primary N) is 1. The Kier molecular flexibility index (Phi) is 11.8. The van der Waals surface area contributed by atoms with E-state index in [1.165, 1.54) is 0 Å². The molecule has 6 nitrogen and oxygen atoms in total. The van der Waals surface area contributed by atoms with Gasteiger partial charge in [0, 0.05) is 26.1 Å². The van der Waals surface area contributed by atoms with Crippen LogP contribution in [0.2, 0.25) is 0 Å². The van der Waals surface area contributed by atoms with E-state index in [1.807, 2.05) is 0 Å². The fourth-order valence-electron chi connectivity index (χ4n) is 0.996. The second-order valence-electron chi connectivity index (χ2n) is 3.19. The van der Waals surface area contributed by atoms with E-state index >= 15 is 0 Å². The zero-order chi connectivity index (χ0) is 12.1. The molecule has 0 aromatic rings. The molecule has 0 aliphatic heterocycles. The number of carbonyl (C=O) groups is 1. The number of hydrogen-bond donors (Lipinski definition) is 3. The summed E-state index contributed by atoms with van der Waals surface area (Å²) in [6, 6.07) is 0. The molecule has 0 spiro atoms. The molecule has 0 saturated heterocycles. The van der Waals surface area contributed by atoms with Gasteiger partial charge in [0.2, 0.25) is 5.91 Å². The van der Waals surface area contributed by atoms with Crippen LogP contribution in [-0.2, 0) is 14.3 Å². The number of rotatable bonds is 11. The highest BCUT2D eigenvalue weighted by molar-refractivity contribution is 5.75. The Morgan fingerprint density at radius 3 is 2.50 bits per heavy atom. The molecule has 4 N–H and O–H groups in total. The van der Waals surface area contributed by atoms with Crippen LogP contribution in [0, 0.1) is 0 Å². The van der Waals surface area contributed by atoms with Gasteiger partial charge in [-0.3, -0.25) is 4.79 Å². The third-order valence-electron chi connectivity index (χ3n) is 1.76. The summed E-state index contributed by atoms with van der Waals surface area (Å²) in [6.07, 6.45) is 0.857. The quantitative estimate of drug-likeness (QED) is 0.393. The number of hydrogen-bond acceptors (Lipinski definition) is 5. The molecule has 0 radical (unpaired) electrons. The van der Waals surface area contributed by atoms with E-state index in [2.05, 4.69) is 5.32 Å². The number of aliphatic hydroxyl groups is 1. The van der Waals surface area contributed by atoms with Crippen LogP contribution in [0.4, 0.5) is 0 Å². The fourth-order valence-corrected chi connectivity index (χ4v) is 0.996. The van der Waals surface area contributed by atoms with Gasteiger partial charge in [0.25, 0.3) is 0 Å². The second-order valence-corrected chi connectivity index (χ2v) is 3.19. The molecule has 0 heterocycles. The number of amides is 1. The molecule has 16 heavy (non-hydrogen) atoms. The molecule has 0 bridgehead atoms. The monoisotopic (exact) mass is 234 g/mol. The molecule has 0 saturated carbocycles. The predicted molar refractivity (Wildman–Crippen MR) is 60.0 cm³/mol. The topological polar surface area (TPSA) is 93.8 Å². The highest BCUT2D eigenvalue weighted by Gasteiger charge is 1.98. The molecule has 6 heteroatoms. The van der Waals surface area contributed by atoms with Crippen LogP contribution < -0.4 is 11.1 Å². The standard InChI is InChI=1S/C10H22N2O4/c11-3-6-15-8-9-16-7-4-12-10(14)2-1-5-13/h13H,1-9,11H2,(H,12,14). The van der Waals surface area contributed by atoms with Gasteiger partial charge in [0.15, 0.2) is 0 Å². The van der Waals surface area contributed by atoms with E-state index < -0.39 is 0 Å². The lowest BCUT2D eigenvalue weighted by Crippen LogP contribution is -2.27. The fraction of sp³-hybridized carbons (Fsp3) is 0.900. The van der Waals surface area contributed by atoms with Gasteiger partial charge in [0.05, 0.1) is 26.4 Å². The number of aliphatic hydroxyl groups excluding tert-OH is 1. The summed E-state index contributed by atoms with van der Waals surface area (Å²) in [6.45, 7) is 3.09. The smallest absolute Gasteiger partial charge is 0.220 e. The van der Waals surface area contributed by atoms with Gasteiger partial charge in [-0.05, 0) is 6.42 Å². The van der Waals surface area contributed by atoms with Gasteiger partial charge in [-0.1, -0.05) is 0 Å². The Morgan fingerprint density at radius 2 is 1.88 bits per heavy atom. The SMILES string of the molecule is NCCOCCOCCNC(=O)CCCO. The molecule has 0 aliphatic rings. The first-order chi connectivity index (χ1) is 7.81. The maximum absolute atomic E-state index is 11.1. The van der Waals surface area contributed by atoms with Gasteiger partial charge in [-0.2, -0.15) is 0 Å². The molecular formula is C10H22N2O4. The average molecular weight is 234 g/mol. The van der Waals surface area contributed by atoms with Gasteiger partial charge in [-0.25, -0.2) is 0 Å². The largest absolute Gasteiger partial charge is 0.396 e. The second kappa shape index (κ2) is 12.4. The van der Waals surface area contributed by atoms with Crippen LogP contribution in [0.1, 0.15) is 12.8 Å². The first-order valence-corrected chi connectivity index (χ1v) is 5.54. The lowest BCUT2D eigenvalue weighted by molar-refractivity contribution is -0.121. The Morgan fingerprint density at radius 1 is 1.19 bits per heavy atom. The molecule has 0 unspecified atom stereocenters. The van der Waals surface area contributed by atoms with Crippen LogP contribution in [0.5, 0.6) is 0 Å². The van der Waals surface area contributed by atoms with E-state index in [0.29, 0.717) is 52.4 Å². The molecular weight excluding hydrogens is 212 g/mol. The Balaban J connectivity index is 3.05. The van der Waals surface area contributed by atoms with Crippen molar-refractivity contribution in [2.24, 2.45) is 5.73 Å². The van der Waals surface area contributed by atoms with Crippen molar-refractivity contribution < 1.29 is 19.4 Å². The van der Waals surface area contributed by atoms with Crippen molar-refractivity contribution in [3.05, 3.63) is 0 Å². The van der Waals surface area contributed by atoms with Gasteiger partial charge >= 0.3 is 0 Å². The van der Waals surface area contributed by atoms with Crippen LogP contribution in [-0.4, -0.2) is 57.1 Å². The number of ether oxygens (including phenoxy) is 2. The normalized spacial score (nSPS) is 10.4. The van der Waals surface area contributed by atoms with Crippen molar-refractivity contribution in [3.8, 4) is 0 Å². The zero-order valence-corrected chi connectivity index (χ0v) is 9.61. The summed E-state index contributed by atoms with van der Waals surface area (Å²) in [4.78, 5) is 11.1. The molecule has 1 amide bonds. The molecule has 96 valence electrons. The third kappa shape index (κ3) is 11.4. The lowest BCUT2D eigenvalue weighted by atomic mass is 10.3. The maximum Gasteiger partial charge on any atom is 0.220 e. The first kappa shape index (κ1) is 15.3. The predicted octanol–water partition coefficient (Wildman–Crippen LogP) is -1.13. The summed E-state index contributed by atoms with van der Waals surface area (Å²) >= 11 is 0. The third-order valence-corrected chi connectivity index (χ3v) is 1.76. The highest BCUT2D eigenvalue weighted by atomic mass is 16.5. The van der Waals surface area contributed by atoms with E-state index in [1.54, 1.807) is 0 Å². The Labute approximate surface area is 96.1 Å². The van der Waals surface area contributed by atoms with Crippen molar-refractivity contribution >= 4 is 5.91 Å². The van der Waals surface area contributed by atoms with Crippen LogP contribution >= 0.6 is 0 Å². The summed E-state index contributed by atoms with van der Waals surface area (Å²) in [5.74, 6) is -0.0583. The van der Waals surface area contributed by atoms with Crippen LogP contribution in [0.15, 0.2) is 0 Å². The Hall–Kier alpha value is -0.690. The molecule has 0 aliphatic carbocycles. The molecule has 0 aromatic heterocycles. The first-order valence-electron chi connectivity index (χ1n) is 5.54. The van der Waals surface area contributed by atoms with Crippen molar-refractivity contribution in [3.63, 3.8) is 0 Å². The Bertz CT molecular complexity index is 167. The lowest BCUT2D eigenvalue weighted by Gasteiger charge is -2.06. The minimum Gasteiger partial charge on any atom is -0.396 e. The average Bonchev–Trinajstić information content (AvgIpc) is 2.30. The van der Waals surface area contributed by atoms with E-state index in [9.17, 15) is 4.79 Å². The van der Waals surface area contributed by atoms with Crippen molar-refractivity contribution in [2.75, 3.05) is 46.1 Å². The van der Waals surface area contributed by atoms with Gasteiger partial charge in [0.1, 0.15) is 0 Å². The van der Waals surface area contributed by atoms with E-state index in [4.69, 9.17) is 20.3 Å². The molecule has 0 rings (SSSR count). The number of carbonyl (C=O) groups excluding carboxylic acids is 1. The van der Waals surface area contributed by atoms with Gasteiger partial charge in [-0.15, -0.1) is 0 Å². The summed E-state index contributed by atoms with van der Waals surface area (Å²) < 4.78 is 10.3. The molecule has 0 atom stereocenters. The number of nitrogens with one attached hydrogen (secondary N) is 1. The van der Waals surface area contributed by atoms with Crippen molar-refractivity contribution in [1.29, 1.82) is 0 Å². The molecule has 0 aromatic carbocycles. The van der Waals surface area contributed by atoms with E-state index in [0.717, 1.165) is 0 Å². The summed E-state index contributed by atoms with van der Waals surface area (Å²) in [5.41, 5.74) is 5.23. The van der Waals surface area contributed by atoms with Crippen molar-refractivity contribution in [1.82, 2.24) is 5.32 Å². The summed E-state index contributed by atoms with van der Waals surface area (Å²) in [5, 5.41) is 11.2.